The van der Waals surface area contributed by atoms with E-state index in [-0.39, 0.29) is 23.8 Å². The number of carbonyl (C=O) groups is 1. The summed E-state index contributed by atoms with van der Waals surface area (Å²) in [6, 6.07) is 14.2. The fourth-order valence-corrected chi connectivity index (χ4v) is 3.53. The molecule has 29 heavy (non-hydrogen) atoms. The van der Waals surface area contributed by atoms with Crippen molar-refractivity contribution in [1.29, 1.82) is 0 Å². The van der Waals surface area contributed by atoms with Crippen molar-refractivity contribution in [2.75, 3.05) is 26.4 Å². The molecule has 0 aromatic heterocycles. The highest BCUT2D eigenvalue weighted by atomic mass is 19.1. The number of hydrogen-bond acceptors (Lipinski definition) is 4. The van der Waals surface area contributed by atoms with E-state index < -0.39 is 0 Å². The number of halogens is 1. The van der Waals surface area contributed by atoms with Gasteiger partial charge in [-0.1, -0.05) is 31.2 Å². The first-order valence-corrected chi connectivity index (χ1v) is 10.2. The SMILES string of the molecule is CCCOc1cccc(CNC(=O)CNC2(c3ccc(F)cc3)CCOCC2)c1. The lowest BCUT2D eigenvalue weighted by Crippen LogP contribution is -2.50. The van der Waals surface area contributed by atoms with Crippen LogP contribution in [0.1, 0.15) is 37.3 Å². The van der Waals surface area contributed by atoms with Crippen LogP contribution in [0.25, 0.3) is 0 Å². The molecule has 1 amide bonds. The maximum atomic E-state index is 13.3. The van der Waals surface area contributed by atoms with Crippen LogP contribution in [0.3, 0.4) is 0 Å². The molecule has 2 N–H and O–H groups in total. The summed E-state index contributed by atoms with van der Waals surface area (Å²) in [4.78, 5) is 12.4. The second kappa shape index (κ2) is 10.4. The third kappa shape index (κ3) is 6.02. The van der Waals surface area contributed by atoms with Crippen molar-refractivity contribution in [1.82, 2.24) is 10.6 Å². The average molecular weight is 400 g/mol. The smallest absolute Gasteiger partial charge is 0.234 e. The highest BCUT2D eigenvalue weighted by Gasteiger charge is 2.34. The quantitative estimate of drug-likeness (QED) is 0.676. The normalized spacial score (nSPS) is 15.7. The molecule has 0 aliphatic carbocycles. The van der Waals surface area contributed by atoms with Crippen molar-refractivity contribution in [3.63, 3.8) is 0 Å². The highest BCUT2D eigenvalue weighted by molar-refractivity contribution is 5.78. The van der Waals surface area contributed by atoms with Gasteiger partial charge in [0.05, 0.1) is 13.2 Å². The molecular weight excluding hydrogens is 371 g/mol. The summed E-state index contributed by atoms with van der Waals surface area (Å²) >= 11 is 0. The van der Waals surface area contributed by atoms with Gasteiger partial charge in [0.25, 0.3) is 0 Å². The molecule has 0 bridgehead atoms. The minimum absolute atomic E-state index is 0.0853. The van der Waals surface area contributed by atoms with Gasteiger partial charge in [0.1, 0.15) is 11.6 Å². The van der Waals surface area contributed by atoms with Crippen LogP contribution in [0.15, 0.2) is 48.5 Å². The van der Waals surface area contributed by atoms with Gasteiger partial charge in [-0.05, 0) is 54.7 Å². The van der Waals surface area contributed by atoms with Crippen LogP contribution < -0.4 is 15.4 Å². The molecule has 1 aliphatic heterocycles. The van der Waals surface area contributed by atoms with Gasteiger partial charge in [0.2, 0.25) is 5.91 Å². The van der Waals surface area contributed by atoms with Crippen LogP contribution in [-0.2, 0) is 21.6 Å². The van der Waals surface area contributed by atoms with Crippen molar-refractivity contribution in [2.45, 2.75) is 38.3 Å². The van der Waals surface area contributed by atoms with Gasteiger partial charge >= 0.3 is 0 Å². The standard InChI is InChI=1S/C23H29FN2O3/c1-2-12-29-21-5-3-4-18(15-21)16-25-22(27)17-26-23(10-13-28-14-11-23)19-6-8-20(24)9-7-19/h3-9,15,26H,2,10-14,16-17H2,1H3,(H,25,27). The zero-order chi connectivity index (χ0) is 20.5. The maximum Gasteiger partial charge on any atom is 0.234 e. The predicted molar refractivity (Wildman–Crippen MR) is 110 cm³/mol. The summed E-state index contributed by atoms with van der Waals surface area (Å²) in [7, 11) is 0. The van der Waals surface area contributed by atoms with E-state index in [0.29, 0.717) is 26.4 Å². The molecule has 6 heteroatoms. The van der Waals surface area contributed by atoms with E-state index in [0.717, 1.165) is 36.1 Å². The number of hydrogen-bond donors (Lipinski definition) is 2. The van der Waals surface area contributed by atoms with Crippen molar-refractivity contribution in [3.05, 3.63) is 65.5 Å². The van der Waals surface area contributed by atoms with E-state index in [1.54, 1.807) is 12.1 Å². The molecule has 1 saturated heterocycles. The third-order valence-electron chi connectivity index (χ3n) is 5.19. The molecule has 0 atom stereocenters. The van der Waals surface area contributed by atoms with E-state index in [1.807, 2.05) is 24.3 Å². The number of amides is 1. The molecule has 0 radical (unpaired) electrons. The van der Waals surface area contributed by atoms with E-state index in [4.69, 9.17) is 9.47 Å². The Labute approximate surface area is 171 Å². The molecule has 5 nitrogen and oxygen atoms in total. The average Bonchev–Trinajstić information content (AvgIpc) is 2.76. The molecule has 0 saturated carbocycles. The molecule has 0 unspecified atom stereocenters. The Hall–Kier alpha value is -2.44. The zero-order valence-electron chi connectivity index (χ0n) is 16.9. The van der Waals surface area contributed by atoms with Gasteiger partial charge in [-0.2, -0.15) is 0 Å². The first-order chi connectivity index (χ1) is 14.1. The van der Waals surface area contributed by atoms with Crippen LogP contribution in [0.2, 0.25) is 0 Å². The number of carbonyl (C=O) groups excluding carboxylic acids is 1. The van der Waals surface area contributed by atoms with E-state index in [1.165, 1.54) is 12.1 Å². The third-order valence-corrected chi connectivity index (χ3v) is 5.19. The molecule has 1 fully saturated rings. The molecule has 1 aliphatic rings. The van der Waals surface area contributed by atoms with Gasteiger partial charge in [-0.15, -0.1) is 0 Å². The van der Waals surface area contributed by atoms with Crippen LogP contribution in [-0.4, -0.2) is 32.3 Å². The summed E-state index contributed by atoms with van der Waals surface area (Å²) in [5.74, 6) is 0.464. The topological polar surface area (TPSA) is 59.6 Å². The summed E-state index contributed by atoms with van der Waals surface area (Å²) < 4.78 is 24.5. The Morgan fingerprint density at radius 1 is 1.17 bits per heavy atom. The zero-order valence-corrected chi connectivity index (χ0v) is 16.9. The summed E-state index contributed by atoms with van der Waals surface area (Å²) in [5, 5.41) is 6.36. The Bertz CT molecular complexity index is 789. The van der Waals surface area contributed by atoms with Crippen LogP contribution >= 0.6 is 0 Å². The van der Waals surface area contributed by atoms with Crippen LogP contribution in [0.4, 0.5) is 4.39 Å². The van der Waals surface area contributed by atoms with Crippen molar-refractivity contribution in [3.8, 4) is 5.75 Å². The van der Waals surface area contributed by atoms with Crippen LogP contribution in [0.5, 0.6) is 5.75 Å². The molecule has 0 spiro atoms. The second-order valence-electron chi connectivity index (χ2n) is 7.33. The van der Waals surface area contributed by atoms with E-state index >= 15 is 0 Å². The van der Waals surface area contributed by atoms with Gasteiger partial charge in [0.15, 0.2) is 0 Å². The largest absolute Gasteiger partial charge is 0.494 e. The molecule has 2 aromatic carbocycles. The van der Waals surface area contributed by atoms with Crippen LogP contribution in [0, 0.1) is 5.82 Å². The van der Waals surface area contributed by atoms with Crippen molar-refractivity contribution >= 4 is 5.91 Å². The fraction of sp³-hybridized carbons (Fsp3) is 0.435. The van der Waals surface area contributed by atoms with E-state index in [9.17, 15) is 9.18 Å². The molecule has 2 aromatic rings. The lowest BCUT2D eigenvalue weighted by atomic mass is 9.82. The molecular formula is C23H29FN2O3. The fourth-order valence-electron chi connectivity index (χ4n) is 3.53. The number of rotatable bonds is 9. The Morgan fingerprint density at radius 3 is 2.66 bits per heavy atom. The summed E-state index contributed by atoms with van der Waals surface area (Å²) in [6.45, 7) is 4.58. The molecule has 156 valence electrons. The predicted octanol–water partition coefficient (Wildman–Crippen LogP) is 3.53. The summed E-state index contributed by atoms with van der Waals surface area (Å²) in [5.41, 5.74) is 1.60. The minimum atomic E-state index is -0.378. The van der Waals surface area contributed by atoms with Gasteiger partial charge in [-0.3, -0.25) is 10.1 Å². The molecule has 3 rings (SSSR count). The van der Waals surface area contributed by atoms with Crippen molar-refractivity contribution < 1.29 is 18.7 Å². The lowest BCUT2D eigenvalue weighted by molar-refractivity contribution is -0.121. The van der Waals surface area contributed by atoms with Crippen molar-refractivity contribution in [2.24, 2.45) is 0 Å². The monoisotopic (exact) mass is 400 g/mol. The Morgan fingerprint density at radius 2 is 1.93 bits per heavy atom. The Balaban J connectivity index is 1.56. The second-order valence-corrected chi connectivity index (χ2v) is 7.33. The number of ether oxygens (including phenoxy) is 2. The Kier molecular flexibility index (Phi) is 7.61. The number of benzene rings is 2. The lowest BCUT2D eigenvalue weighted by Gasteiger charge is -2.38. The first kappa shape index (κ1) is 21.3. The minimum Gasteiger partial charge on any atom is -0.494 e. The first-order valence-electron chi connectivity index (χ1n) is 10.2. The maximum absolute atomic E-state index is 13.3. The highest BCUT2D eigenvalue weighted by Crippen LogP contribution is 2.32. The number of nitrogens with one attached hydrogen (secondary N) is 2. The van der Waals surface area contributed by atoms with E-state index in [2.05, 4.69) is 17.6 Å². The van der Waals surface area contributed by atoms with Gasteiger partial charge in [-0.25, -0.2) is 4.39 Å². The van der Waals surface area contributed by atoms with Gasteiger partial charge < -0.3 is 14.8 Å². The van der Waals surface area contributed by atoms with Gasteiger partial charge in [0, 0.05) is 25.3 Å². The summed E-state index contributed by atoms with van der Waals surface area (Å²) in [6.07, 6.45) is 2.43. The molecule has 1 heterocycles.